The Labute approximate surface area is 93.0 Å². The smallest absolute Gasteiger partial charge is 0.0461 e. The topological polar surface area (TPSA) is 38.0 Å². The lowest BCUT2D eigenvalue weighted by Gasteiger charge is -2.10. The molecule has 0 amide bonds. The molecule has 1 saturated heterocycles. The molecule has 0 aliphatic carbocycles. The number of anilines is 1. The molecule has 1 aromatic carbocycles. The van der Waals surface area contributed by atoms with Crippen LogP contribution in [0.5, 0.6) is 0 Å². The molecular formula is C11H15BrN2. The zero-order valence-electron chi connectivity index (χ0n) is 8.09. The van der Waals surface area contributed by atoms with Crippen molar-refractivity contribution in [3.63, 3.8) is 0 Å². The van der Waals surface area contributed by atoms with E-state index in [2.05, 4.69) is 33.4 Å². The lowest BCUT2D eigenvalue weighted by Crippen LogP contribution is -2.23. The van der Waals surface area contributed by atoms with E-state index in [1.54, 1.807) is 0 Å². The van der Waals surface area contributed by atoms with E-state index in [4.69, 9.17) is 5.73 Å². The van der Waals surface area contributed by atoms with Gasteiger partial charge in [0.2, 0.25) is 0 Å². The van der Waals surface area contributed by atoms with Crippen molar-refractivity contribution in [1.82, 2.24) is 5.32 Å². The van der Waals surface area contributed by atoms with Crippen LogP contribution in [0.1, 0.15) is 18.4 Å². The SMILES string of the molecule is Nc1cc(CC2CCCN2)ccc1Br. The van der Waals surface area contributed by atoms with E-state index >= 15 is 0 Å². The monoisotopic (exact) mass is 254 g/mol. The highest BCUT2D eigenvalue weighted by Crippen LogP contribution is 2.22. The summed E-state index contributed by atoms with van der Waals surface area (Å²) in [5.41, 5.74) is 7.99. The molecule has 0 aromatic heterocycles. The van der Waals surface area contributed by atoms with Crippen LogP contribution in [0.2, 0.25) is 0 Å². The van der Waals surface area contributed by atoms with Crippen molar-refractivity contribution in [3.8, 4) is 0 Å². The minimum atomic E-state index is 0.649. The Hall–Kier alpha value is -0.540. The Morgan fingerprint density at radius 1 is 1.50 bits per heavy atom. The average Bonchev–Trinajstić information content (AvgIpc) is 2.64. The highest BCUT2D eigenvalue weighted by atomic mass is 79.9. The van der Waals surface area contributed by atoms with Gasteiger partial charge in [0, 0.05) is 16.2 Å². The van der Waals surface area contributed by atoms with Crippen molar-refractivity contribution in [1.29, 1.82) is 0 Å². The molecule has 1 unspecified atom stereocenters. The maximum atomic E-state index is 5.83. The Balaban J connectivity index is 2.05. The van der Waals surface area contributed by atoms with Gasteiger partial charge in [-0.3, -0.25) is 0 Å². The molecular weight excluding hydrogens is 240 g/mol. The largest absolute Gasteiger partial charge is 0.398 e. The summed E-state index contributed by atoms with van der Waals surface area (Å²) in [6.07, 6.45) is 3.68. The van der Waals surface area contributed by atoms with E-state index in [1.807, 2.05) is 6.07 Å². The van der Waals surface area contributed by atoms with Gasteiger partial charge in [-0.1, -0.05) is 6.07 Å². The summed E-state index contributed by atoms with van der Waals surface area (Å²) in [6.45, 7) is 1.16. The molecule has 2 nitrogen and oxygen atoms in total. The first-order valence-corrected chi connectivity index (χ1v) is 5.82. The van der Waals surface area contributed by atoms with Crippen LogP contribution in [0.25, 0.3) is 0 Å². The fraction of sp³-hybridized carbons (Fsp3) is 0.455. The minimum absolute atomic E-state index is 0.649. The highest BCUT2D eigenvalue weighted by molar-refractivity contribution is 9.10. The number of hydrogen-bond donors (Lipinski definition) is 2. The van der Waals surface area contributed by atoms with Crippen LogP contribution in [0.4, 0.5) is 5.69 Å². The van der Waals surface area contributed by atoms with E-state index in [-0.39, 0.29) is 0 Å². The van der Waals surface area contributed by atoms with Gasteiger partial charge in [0.05, 0.1) is 0 Å². The van der Waals surface area contributed by atoms with Gasteiger partial charge in [-0.2, -0.15) is 0 Å². The van der Waals surface area contributed by atoms with Gasteiger partial charge in [0.1, 0.15) is 0 Å². The Morgan fingerprint density at radius 2 is 2.36 bits per heavy atom. The maximum absolute atomic E-state index is 5.83. The molecule has 1 aliphatic heterocycles. The number of hydrogen-bond acceptors (Lipinski definition) is 2. The van der Waals surface area contributed by atoms with Crippen LogP contribution in [0, 0.1) is 0 Å². The second kappa shape index (κ2) is 4.32. The summed E-state index contributed by atoms with van der Waals surface area (Å²) >= 11 is 3.40. The van der Waals surface area contributed by atoms with Gasteiger partial charge in [-0.05, 0) is 59.4 Å². The Bertz CT molecular complexity index is 319. The van der Waals surface area contributed by atoms with E-state index in [0.717, 1.165) is 23.1 Å². The van der Waals surface area contributed by atoms with Crippen molar-refractivity contribution in [2.75, 3.05) is 12.3 Å². The highest BCUT2D eigenvalue weighted by Gasteiger charge is 2.14. The van der Waals surface area contributed by atoms with Gasteiger partial charge in [-0.15, -0.1) is 0 Å². The van der Waals surface area contributed by atoms with Crippen LogP contribution >= 0.6 is 15.9 Å². The molecule has 76 valence electrons. The first-order chi connectivity index (χ1) is 6.75. The molecule has 3 heteroatoms. The molecule has 0 radical (unpaired) electrons. The Morgan fingerprint density at radius 3 is 3.00 bits per heavy atom. The maximum Gasteiger partial charge on any atom is 0.0461 e. The van der Waals surface area contributed by atoms with Crippen molar-refractivity contribution in [2.24, 2.45) is 0 Å². The van der Waals surface area contributed by atoms with Gasteiger partial charge < -0.3 is 11.1 Å². The second-order valence-electron chi connectivity index (χ2n) is 3.85. The lowest BCUT2D eigenvalue weighted by atomic mass is 10.0. The minimum Gasteiger partial charge on any atom is -0.398 e. The number of halogens is 1. The quantitative estimate of drug-likeness (QED) is 0.796. The number of nitrogens with one attached hydrogen (secondary N) is 1. The first kappa shape index (κ1) is 9.99. The van der Waals surface area contributed by atoms with E-state index in [1.165, 1.54) is 18.4 Å². The number of benzene rings is 1. The van der Waals surface area contributed by atoms with Crippen LogP contribution in [-0.4, -0.2) is 12.6 Å². The number of nitrogen functional groups attached to an aromatic ring is 1. The van der Waals surface area contributed by atoms with Crippen molar-refractivity contribution in [2.45, 2.75) is 25.3 Å². The van der Waals surface area contributed by atoms with Crippen molar-refractivity contribution < 1.29 is 0 Å². The molecule has 1 aliphatic rings. The van der Waals surface area contributed by atoms with Gasteiger partial charge in [-0.25, -0.2) is 0 Å². The summed E-state index contributed by atoms with van der Waals surface area (Å²) in [4.78, 5) is 0. The van der Waals surface area contributed by atoms with Gasteiger partial charge in [0.15, 0.2) is 0 Å². The van der Waals surface area contributed by atoms with Gasteiger partial charge in [0.25, 0.3) is 0 Å². The van der Waals surface area contributed by atoms with E-state index in [0.29, 0.717) is 6.04 Å². The standard InChI is InChI=1S/C11H15BrN2/c12-10-4-3-8(7-11(10)13)6-9-2-1-5-14-9/h3-4,7,9,14H,1-2,5-6,13H2. The molecule has 14 heavy (non-hydrogen) atoms. The molecule has 1 atom stereocenters. The Kier molecular flexibility index (Phi) is 3.08. The summed E-state index contributed by atoms with van der Waals surface area (Å²) in [7, 11) is 0. The molecule has 0 bridgehead atoms. The van der Waals surface area contributed by atoms with Crippen LogP contribution in [-0.2, 0) is 6.42 Å². The first-order valence-electron chi connectivity index (χ1n) is 5.03. The zero-order chi connectivity index (χ0) is 9.97. The predicted molar refractivity (Wildman–Crippen MR) is 63.3 cm³/mol. The van der Waals surface area contributed by atoms with Crippen LogP contribution in [0.3, 0.4) is 0 Å². The fourth-order valence-electron chi connectivity index (χ4n) is 1.94. The predicted octanol–water partition coefficient (Wildman–Crippen LogP) is 2.33. The summed E-state index contributed by atoms with van der Waals surface area (Å²) in [6, 6.07) is 6.88. The zero-order valence-corrected chi connectivity index (χ0v) is 9.68. The van der Waals surface area contributed by atoms with Crippen LogP contribution in [0.15, 0.2) is 22.7 Å². The lowest BCUT2D eigenvalue weighted by molar-refractivity contribution is 0.603. The molecule has 1 heterocycles. The molecule has 0 saturated carbocycles. The fourth-order valence-corrected chi connectivity index (χ4v) is 2.18. The molecule has 1 aromatic rings. The van der Waals surface area contributed by atoms with E-state index < -0.39 is 0 Å². The third-order valence-corrected chi connectivity index (χ3v) is 3.43. The van der Waals surface area contributed by atoms with Crippen LogP contribution < -0.4 is 11.1 Å². The van der Waals surface area contributed by atoms with Gasteiger partial charge >= 0.3 is 0 Å². The molecule has 2 rings (SSSR count). The van der Waals surface area contributed by atoms with E-state index in [9.17, 15) is 0 Å². The average molecular weight is 255 g/mol. The van der Waals surface area contributed by atoms with Crippen molar-refractivity contribution in [3.05, 3.63) is 28.2 Å². The normalized spacial score (nSPS) is 21.4. The third-order valence-electron chi connectivity index (χ3n) is 2.70. The second-order valence-corrected chi connectivity index (χ2v) is 4.71. The number of nitrogens with two attached hydrogens (primary N) is 1. The summed E-state index contributed by atoms with van der Waals surface area (Å²) < 4.78 is 0.987. The molecule has 3 N–H and O–H groups in total. The third kappa shape index (κ3) is 2.28. The molecule has 1 fully saturated rings. The summed E-state index contributed by atoms with van der Waals surface area (Å²) in [5.74, 6) is 0. The summed E-state index contributed by atoms with van der Waals surface area (Å²) in [5, 5.41) is 3.49. The number of rotatable bonds is 2. The molecule has 0 spiro atoms. The van der Waals surface area contributed by atoms with Crippen molar-refractivity contribution >= 4 is 21.6 Å².